The molecule has 1 fully saturated rings. The number of halogens is 2. The Morgan fingerprint density at radius 1 is 1.45 bits per heavy atom. The summed E-state index contributed by atoms with van der Waals surface area (Å²) >= 11 is 3.22. The highest BCUT2D eigenvalue weighted by molar-refractivity contribution is 9.10. The molecular weight excluding hydrogens is 331 g/mol. The molecule has 0 radical (unpaired) electrons. The van der Waals surface area contributed by atoms with Gasteiger partial charge in [-0.05, 0) is 40.8 Å². The van der Waals surface area contributed by atoms with Crippen molar-refractivity contribution >= 4 is 21.9 Å². The largest absolute Gasteiger partial charge is 0.492 e. The molecule has 1 aromatic rings. The highest BCUT2D eigenvalue weighted by atomic mass is 79.9. The first-order valence-corrected chi connectivity index (χ1v) is 7.10. The van der Waals surface area contributed by atoms with Crippen LogP contribution in [0.15, 0.2) is 10.5 Å². The van der Waals surface area contributed by atoms with Crippen LogP contribution in [0.3, 0.4) is 0 Å². The maximum Gasteiger partial charge on any atom is 0.303 e. The maximum atomic E-state index is 14.3. The molecule has 110 valence electrons. The number of carboxylic acid groups (broad SMARTS) is 1. The lowest BCUT2D eigenvalue weighted by Gasteiger charge is -2.21. The van der Waals surface area contributed by atoms with E-state index in [0.29, 0.717) is 15.8 Å². The molecule has 1 atom stereocenters. The van der Waals surface area contributed by atoms with Gasteiger partial charge in [0.25, 0.3) is 0 Å². The predicted octanol–water partition coefficient (Wildman–Crippen LogP) is 3.57. The number of hydrogen-bond acceptors (Lipinski definition) is 3. The Balaban J connectivity index is 2.55. The normalized spacial score (nSPS) is 15.8. The molecule has 0 saturated heterocycles. The Labute approximate surface area is 125 Å². The molecule has 0 spiro atoms. The summed E-state index contributed by atoms with van der Waals surface area (Å²) in [5.41, 5.74) is 0.303. The number of carbonyl (C=O) groups is 1. The van der Waals surface area contributed by atoms with E-state index in [1.807, 2.05) is 0 Å². The number of rotatable bonds is 6. The molecule has 20 heavy (non-hydrogen) atoms. The Morgan fingerprint density at radius 2 is 2.05 bits per heavy atom. The number of aliphatic carboxylic acids is 1. The summed E-state index contributed by atoms with van der Waals surface area (Å²) in [6, 6.07) is 1.30. The lowest BCUT2D eigenvalue weighted by atomic mass is 9.89. The maximum absolute atomic E-state index is 14.3. The first-order valence-electron chi connectivity index (χ1n) is 6.31. The summed E-state index contributed by atoms with van der Waals surface area (Å²) < 4.78 is 25.3. The molecule has 1 saturated carbocycles. The van der Waals surface area contributed by atoms with Gasteiger partial charge in [0.05, 0.1) is 25.1 Å². The predicted molar refractivity (Wildman–Crippen MR) is 74.9 cm³/mol. The standard InChI is InChI=1S/C14H16BrFO4/c1-19-13-9(15)6-10(16)12(14(13)20-2)8(5-11(17)18)7-3-4-7/h6-8H,3-5H2,1-2H3,(H,17,18). The minimum Gasteiger partial charge on any atom is -0.492 e. The lowest BCUT2D eigenvalue weighted by molar-refractivity contribution is -0.137. The third kappa shape index (κ3) is 2.90. The zero-order valence-corrected chi connectivity index (χ0v) is 12.9. The van der Waals surface area contributed by atoms with Crippen molar-refractivity contribution in [1.82, 2.24) is 0 Å². The molecule has 0 bridgehead atoms. The van der Waals surface area contributed by atoms with Crippen molar-refractivity contribution in [1.29, 1.82) is 0 Å². The topological polar surface area (TPSA) is 55.8 Å². The Morgan fingerprint density at radius 3 is 2.50 bits per heavy atom. The van der Waals surface area contributed by atoms with Crippen molar-refractivity contribution in [2.24, 2.45) is 5.92 Å². The van der Waals surface area contributed by atoms with Gasteiger partial charge in [-0.1, -0.05) is 0 Å². The van der Waals surface area contributed by atoms with Gasteiger partial charge in [-0.3, -0.25) is 4.79 Å². The van der Waals surface area contributed by atoms with Crippen LogP contribution in [0.25, 0.3) is 0 Å². The van der Waals surface area contributed by atoms with E-state index < -0.39 is 11.8 Å². The molecule has 4 nitrogen and oxygen atoms in total. The molecular formula is C14H16BrFO4. The average Bonchev–Trinajstić information content (AvgIpc) is 3.19. The van der Waals surface area contributed by atoms with Crippen LogP contribution in [-0.4, -0.2) is 25.3 Å². The minimum atomic E-state index is -0.940. The lowest BCUT2D eigenvalue weighted by Crippen LogP contribution is -2.12. The second kappa shape index (κ2) is 5.99. The van der Waals surface area contributed by atoms with Crippen LogP contribution >= 0.6 is 15.9 Å². The second-order valence-corrected chi connectivity index (χ2v) is 5.72. The molecule has 1 aliphatic rings. The van der Waals surface area contributed by atoms with E-state index in [1.165, 1.54) is 20.3 Å². The quantitative estimate of drug-likeness (QED) is 0.855. The van der Waals surface area contributed by atoms with E-state index in [2.05, 4.69) is 15.9 Å². The van der Waals surface area contributed by atoms with Crippen LogP contribution in [0.5, 0.6) is 11.5 Å². The fourth-order valence-electron chi connectivity index (χ4n) is 2.52. The van der Waals surface area contributed by atoms with E-state index in [1.54, 1.807) is 0 Å². The van der Waals surface area contributed by atoms with Crippen molar-refractivity contribution in [3.63, 3.8) is 0 Å². The van der Waals surface area contributed by atoms with Gasteiger partial charge in [0.2, 0.25) is 0 Å². The van der Waals surface area contributed by atoms with Crippen LogP contribution in [0.2, 0.25) is 0 Å². The van der Waals surface area contributed by atoms with Gasteiger partial charge < -0.3 is 14.6 Å². The van der Waals surface area contributed by atoms with E-state index in [0.717, 1.165) is 12.8 Å². The van der Waals surface area contributed by atoms with Crippen molar-refractivity contribution in [3.8, 4) is 11.5 Å². The van der Waals surface area contributed by atoms with Crippen LogP contribution in [-0.2, 0) is 4.79 Å². The zero-order chi connectivity index (χ0) is 14.9. The highest BCUT2D eigenvalue weighted by Crippen LogP contribution is 2.51. The molecule has 6 heteroatoms. The van der Waals surface area contributed by atoms with E-state index in [4.69, 9.17) is 14.6 Å². The van der Waals surface area contributed by atoms with Crippen LogP contribution in [0, 0.1) is 11.7 Å². The third-order valence-corrected chi connectivity index (χ3v) is 4.13. The summed E-state index contributed by atoms with van der Waals surface area (Å²) in [6.07, 6.45) is 1.72. The highest BCUT2D eigenvalue weighted by Gasteiger charge is 2.38. The van der Waals surface area contributed by atoms with Crippen LogP contribution < -0.4 is 9.47 Å². The van der Waals surface area contributed by atoms with Crippen molar-refractivity contribution < 1.29 is 23.8 Å². The monoisotopic (exact) mass is 346 g/mol. The summed E-state index contributed by atoms with van der Waals surface area (Å²) in [6.45, 7) is 0. The minimum absolute atomic E-state index is 0.108. The summed E-state index contributed by atoms with van der Waals surface area (Å²) in [5, 5.41) is 9.05. The number of hydrogen-bond donors (Lipinski definition) is 1. The number of carboxylic acids is 1. The molecule has 2 rings (SSSR count). The average molecular weight is 347 g/mol. The fraction of sp³-hybridized carbons (Fsp3) is 0.500. The molecule has 1 aliphatic carbocycles. The number of benzene rings is 1. The first kappa shape index (κ1) is 15.1. The molecule has 1 unspecified atom stereocenters. The van der Waals surface area contributed by atoms with Gasteiger partial charge in [0, 0.05) is 11.5 Å². The first-order chi connectivity index (χ1) is 9.49. The Kier molecular flexibility index (Phi) is 4.52. The molecule has 0 aliphatic heterocycles. The molecule has 1 aromatic carbocycles. The third-order valence-electron chi connectivity index (χ3n) is 3.54. The molecule has 0 amide bonds. The molecule has 0 aromatic heterocycles. The van der Waals surface area contributed by atoms with Gasteiger partial charge in [0.15, 0.2) is 11.5 Å². The SMILES string of the molecule is COc1c(Br)cc(F)c(C(CC(=O)O)C2CC2)c1OC. The number of ether oxygens (including phenoxy) is 2. The van der Waals surface area contributed by atoms with E-state index in [-0.39, 0.29) is 24.0 Å². The van der Waals surface area contributed by atoms with E-state index in [9.17, 15) is 9.18 Å². The summed E-state index contributed by atoms with van der Waals surface area (Å²) in [5.74, 6) is -0.930. The molecule has 0 heterocycles. The van der Waals surface area contributed by atoms with Crippen molar-refractivity contribution in [2.45, 2.75) is 25.2 Å². The van der Waals surface area contributed by atoms with Crippen LogP contribution in [0.4, 0.5) is 4.39 Å². The zero-order valence-electron chi connectivity index (χ0n) is 11.3. The van der Waals surface area contributed by atoms with Gasteiger partial charge in [0.1, 0.15) is 5.82 Å². The van der Waals surface area contributed by atoms with Crippen molar-refractivity contribution in [3.05, 3.63) is 21.9 Å². The smallest absolute Gasteiger partial charge is 0.303 e. The van der Waals surface area contributed by atoms with Gasteiger partial charge in [-0.2, -0.15) is 0 Å². The van der Waals surface area contributed by atoms with Gasteiger partial charge >= 0.3 is 5.97 Å². The Hall–Kier alpha value is -1.30. The summed E-state index contributed by atoms with van der Waals surface area (Å²) in [7, 11) is 2.89. The van der Waals surface area contributed by atoms with Crippen LogP contribution in [0.1, 0.15) is 30.7 Å². The number of methoxy groups -OCH3 is 2. The summed E-state index contributed by atoms with van der Waals surface area (Å²) in [4.78, 5) is 11.0. The van der Waals surface area contributed by atoms with Gasteiger partial charge in [-0.15, -0.1) is 0 Å². The second-order valence-electron chi connectivity index (χ2n) is 4.86. The molecule has 1 N–H and O–H groups in total. The van der Waals surface area contributed by atoms with Crippen molar-refractivity contribution in [2.75, 3.05) is 14.2 Å². The van der Waals surface area contributed by atoms with Gasteiger partial charge in [-0.25, -0.2) is 4.39 Å². The van der Waals surface area contributed by atoms with E-state index >= 15 is 0 Å². The Bertz CT molecular complexity index is 528. The fourth-order valence-corrected chi connectivity index (χ4v) is 3.07.